The third-order valence-corrected chi connectivity index (χ3v) is 4.65. The van der Waals surface area contributed by atoms with Gasteiger partial charge in [0.1, 0.15) is 0 Å². The van der Waals surface area contributed by atoms with E-state index >= 15 is 0 Å². The van der Waals surface area contributed by atoms with E-state index in [0.29, 0.717) is 22.5 Å². The predicted octanol–water partition coefficient (Wildman–Crippen LogP) is 1.36. The Hall–Kier alpha value is -1.96. The molecule has 0 spiro atoms. The Morgan fingerprint density at radius 3 is 3.00 bits per heavy atom. The van der Waals surface area contributed by atoms with Gasteiger partial charge in [-0.15, -0.1) is 11.3 Å². The van der Waals surface area contributed by atoms with Crippen LogP contribution in [0.4, 0.5) is 0 Å². The topological polar surface area (TPSA) is 75.6 Å². The molecule has 0 bridgehead atoms. The summed E-state index contributed by atoms with van der Waals surface area (Å²) in [5, 5.41) is 14.4. The SMILES string of the molecule is CC(CC(=O)c1cccs1)NC(=O)c1ccc2c(c1)B(O)OC2. The zero-order chi connectivity index (χ0) is 16.4. The third kappa shape index (κ3) is 3.52. The van der Waals surface area contributed by atoms with Crippen molar-refractivity contribution in [3.05, 3.63) is 51.7 Å². The van der Waals surface area contributed by atoms with Crippen LogP contribution in [-0.2, 0) is 11.3 Å². The first kappa shape index (κ1) is 15.9. The van der Waals surface area contributed by atoms with Crippen LogP contribution < -0.4 is 10.8 Å². The Morgan fingerprint density at radius 1 is 1.43 bits per heavy atom. The molecule has 2 aromatic rings. The monoisotopic (exact) mass is 329 g/mol. The van der Waals surface area contributed by atoms with Crippen molar-refractivity contribution in [3.8, 4) is 0 Å². The minimum Gasteiger partial charge on any atom is -0.423 e. The lowest BCUT2D eigenvalue weighted by Crippen LogP contribution is -2.35. The zero-order valence-corrected chi connectivity index (χ0v) is 13.4. The average Bonchev–Trinajstić information content (AvgIpc) is 3.17. The summed E-state index contributed by atoms with van der Waals surface area (Å²) in [6.07, 6.45) is 0.253. The van der Waals surface area contributed by atoms with Crippen molar-refractivity contribution in [1.82, 2.24) is 5.32 Å². The van der Waals surface area contributed by atoms with Gasteiger partial charge in [-0.2, -0.15) is 0 Å². The van der Waals surface area contributed by atoms with Crippen molar-refractivity contribution in [3.63, 3.8) is 0 Å². The molecule has 5 nitrogen and oxygen atoms in total. The molecule has 3 rings (SSSR count). The number of ketones is 1. The molecule has 1 aromatic carbocycles. The van der Waals surface area contributed by atoms with Gasteiger partial charge in [0.2, 0.25) is 0 Å². The van der Waals surface area contributed by atoms with Crippen molar-refractivity contribution in [1.29, 1.82) is 0 Å². The standard InChI is InChI=1S/C16H16BNO4S/c1-10(7-14(19)15-3-2-6-23-15)18-16(20)11-4-5-12-9-22-17(21)13(12)8-11/h2-6,8,10,21H,7,9H2,1H3,(H,18,20). The van der Waals surface area contributed by atoms with Crippen molar-refractivity contribution in [2.75, 3.05) is 0 Å². The second-order valence-corrected chi connectivity index (χ2v) is 6.50. The minimum absolute atomic E-state index is 0.0191. The number of nitrogens with one attached hydrogen (secondary N) is 1. The summed E-state index contributed by atoms with van der Waals surface area (Å²) in [5.41, 5.74) is 1.96. The van der Waals surface area contributed by atoms with Crippen LogP contribution in [0.2, 0.25) is 0 Å². The molecule has 7 heteroatoms. The van der Waals surface area contributed by atoms with Gasteiger partial charge in [-0.3, -0.25) is 9.59 Å². The smallest absolute Gasteiger partial charge is 0.423 e. The molecule has 0 aliphatic carbocycles. The molecule has 0 saturated heterocycles. The number of carbonyl (C=O) groups excluding carboxylic acids is 2. The molecule has 23 heavy (non-hydrogen) atoms. The molecule has 2 N–H and O–H groups in total. The Balaban J connectivity index is 1.63. The van der Waals surface area contributed by atoms with E-state index in [1.807, 2.05) is 11.4 Å². The molecular formula is C16H16BNO4S. The van der Waals surface area contributed by atoms with Gasteiger partial charge in [0.05, 0.1) is 11.5 Å². The highest BCUT2D eigenvalue weighted by Crippen LogP contribution is 2.14. The lowest BCUT2D eigenvalue weighted by Gasteiger charge is -2.13. The fourth-order valence-electron chi connectivity index (χ4n) is 2.53. The van der Waals surface area contributed by atoms with E-state index in [1.165, 1.54) is 11.3 Å². The zero-order valence-electron chi connectivity index (χ0n) is 12.6. The first-order valence-electron chi connectivity index (χ1n) is 7.34. The summed E-state index contributed by atoms with van der Waals surface area (Å²) in [5.74, 6) is -0.246. The largest absolute Gasteiger partial charge is 0.491 e. The quantitative estimate of drug-likeness (QED) is 0.641. The summed E-state index contributed by atoms with van der Waals surface area (Å²) in [7, 11) is -0.976. The molecular weight excluding hydrogens is 313 g/mol. The maximum atomic E-state index is 12.3. The Labute approximate surface area is 138 Å². The van der Waals surface area contributed by atoms with Crippen LogP contribution in [0, 0.1) is 0 Å². The Morgan fingerprint density at radius 2 is 2.26 bits per heavy atom. The van der Waals surface area contributed by atoms with E-state index in [4.69, 9.17) is 4.65 Å². The van der Waals surface area contributed by atoms with Crippen LogP contribution in [0.1, 0.15) is 38.9 Å². The van der Waals surface area contributed by atoms with Gasteiger partial charge >= 0.3 is 7.12 Å². The van der Waals surface area contributed by atoms with Gasteiger partial charge < -0.3 is 15.0 Å². The van der Waals surface area contributed by atoms with Crippen LogP contribution in [-0.4, -0.2) is 29.9 Å². The molecule has 1 unspecified atom stereocenters. The van der Waals surface area contributed by atoms with Gasteiger partial charge in [-0.1, -0.05) is 12.1 Å². The lowest BCUT2D eigenvalue weighted by molar-refractivity contribution is 0.0919. The molecule has 0 saturated carbocycles. The molecule has 118 valence electrons. The normalized spacial score (nSPS) is 14.4. The van der Waals surface area contributed by atoms with Crippen LogP contribution >= 0.6 is 11.3 Å². The minimum atomic E-state index is -0.976. The Kier molecular flexibility index (Phi) is 4.61. The van der Waals surface area contributed by atoms with E-state index in [-0.39, 0.29) is 24.2 Å². The van der Waals surface area contributed by atoms with Gasteiger partial charge in [0.25, 0.3) is 5.91 Å². The summed E-state index contributed by atoms with van der Waals surface area (Å²) < 4.78 is 5.11. The number of amides is 1. The van der Waals surface area contributed by atoms with E-state index in [2.05, 4.69) is 5.32 Å². The fraction of sp³-hybridized carbons (Fsp3) is 0.250. The van der Waals surface area contributed by atoms with Gasteiger partial charge in [0, 0.05) is 18.0 Å². The van der Waals surface area contributed by atoms with E-state index in [1.54, 1.807) is 31.2 Å². The second kappa shape index (κ2) is 6.66. The average molecular weight is 329 g/mol. The number of hydrogen-bond donors (Lipinski definition) is 2. The van der Waals surface area contributed by atoms with E-state index < -0.39 is 7.12 Å². The van der Waals surface area contributed by atoms with Gasteiger partial charge in [-0.25, -0.2) is 0 Å². The summed E-state index contributed by atoms with van der Waals surface area (Å²) in [4.78, 5) is 25.0. The van der Waals surface area contributed by atoms with Crippen LogP contribution in [0.25, 0.3) is 0 Å². The van der Waals surface area contributed by atoms with Crippen molar-refractivity contribution < 1.29 is 19.3 Å². The van der Waals surface area contributed by atoms with Crippen molar-refractivity contribution in [2.45, 2.75) is 26.0 Å². The van der Waals surface area contributed by atoms with Crippen LogP contribution in [0.15, 0.2) is 35.7 Å². The van der Waals surface area contributed by atoms with Crippen LogP contribution in [0.5, 0.6) is 0 Å². The van der Waals surface area contributed by atoms with E-state index in [9.17, 15) is 14.6 Å². The second-order valence-electron chi connectivity index (χ2n) is 5.56. The molecule has 0 fully saturated rings. The molecule has 1 amide bonds. The van der Waals surface area contributed by atoms with Gasteiger partial charge in [0.15, 0.2) is 5.78 Å². The summed E-state index contributed by atoms with van der Waals surface area (Å²) >= 11 is 1.40. The number of Topliss-reactive ketones (excluding diaryl/α,β-unsaturated/α-hetero) is 1. The number of carbonyl (C=O) groups is 2. The molecule has 1 aliphatic heterocycles. The molecule has 1 atom stereocenters. The predicted molar refractivity (Wildman–Crippen MR) is 89.0 cm³/mol. The molecule has 0 radical (unpaired) electrons. The maximum Gasteiger partial charge on any atom is 0.491 e. The highest BCUT2D eigenvalue weighted by molar-refractivity contribution is 7.12. The fourth-order valence-corrected chi connectivity index (χ4v) is 3.21. The van der Waals surface area contributed by atoms with Gasteiger partial charge in [-0.05, 0) is 41.5 Å². The molecule has 1 aromatic heterocycles. The highest BCUT2D eigenvalue weighted by atomic mass is 32.1. The summed E-state index contributed by atoms with van der Waals surface area (Å²) in [6, 6.07) is 8.45. The van der Waals surface area contributed by atoms with Crippen LogP contribution in [0.3, 0.4) is 0 Å². The molecule has 1 aliphatic rings. The van der Waals surface area contributed by atoms with Crippen molar-refractivity contribution >= 4 is 35.6 Å². The number of fused-ring (bicyclic) bond motifs is 1. The number of thiophene rings is 1. The first-order valence-corrected chi connectivity index (χ1v) is 8.22. The summed E-state index contributed by atoms with van der Waals surface area (Å²) in [6.45, 7) is 2.15. The molecule has 2 heterocycles. The number of hydrogen-bond acceptors (Lipinski definition) is 5. The maximum absolute atomic E-state index is 12.3. The van der Waals surface area contributed by atoms with E-state index in [0.717, 1.165) is 5.56 Å². The van der Waals surface area contributed by atoms with Crippen molar-refractivity contribution in [2.24, 2.45) is 0 Å². The first-order chi connectivity index (χ1) is 11.0. The lowest BCUT2D eigenvalue weighted by atomic mass is 9.79. The highest BCUT2D eigenvalue weighted by Gasteiger charge is 2.28. The number of benzene rings is 1. The Bertz CT molecular complexity index is 732. The number of rotatable bonds is 5. The third-order valence-electron chi connectivity index (χ3n) is 3.74.